The van der Waals surface area contributed by atoms with E-state index in [-0.39, 0.29) is 5.92 Å². The number of allylic oxidation sites excluding steroid dienone is 1. The molecule has 0 unspecified atom stereocenters. The summed E-state index contributed by atoms with van der Waals surface area (Å²) in [5.74, 6) is 0.252. The van der Waals surface area contributed by atoms with Gasteiger partial charge in [-0.15, -0.1) is 6.58 Å². The first kappa shape index (κ1) is 22.4. The van der Waals surface area contributed by atoms with Crippen LogP contribution in [0.4, 0.5) is 0 Å². The Hall–Kier alpha value is -3.37. The van der Waals surface area contributed by atoms with Crippen molar-refractivity contribution in [2.45, 2.75) is 48.4 Å². The average molecular weight is 468 g/mol. The molecule has 1 fully saturated rings. The fourth-order valence-electron chi connectivity index (χ4n) is 4.75. The SMILES string of the molecule is C=CCn1c(Cc2ccccc2)c(-c2ccccc2)c(S(=O)(=O)c2ccc(C)cc2)c1C1CC1. The van der Waals surface area contributed by atoms with Crippen molar-refractivity contribution in [2.24, 2.45) is 0 Å². The van der Waals surface area contributed by atoms with Crippen LogP contribution in [0.3, 0.4) is 0 Å². The van der Waals surface area contributed by atoms with Gasteiger partial charge < -0.3 is 4.57 Å². The van der Waals surface area contributed by atoms with Crippen molar-refractivity contribution in [3.8, 4) is 11.1 Å². The molecule has 3 aromatic carbocycles. The van der Waals surface area contributed by atoms with Crippen LogP contribution in [-0.2, 0) is 22.8 Å². The highest BCUT2D eigenvalue weighted by Gasteiger charge is 2.39. The van der Waals surface area contributed by atoms with E-state index >= 15 is 0 Å². The van der Waals surface area contributed by atoms with E-state index in [1.54, 1.807) is 12.1 Å². The lowest BCUT2D eigenvalue weighted by atomic mass is 10.0. The second-order valence-electron chi connectivity index (χ2n) is 9.05. The van der Waals surface area contributed by atoms with E-state index in [4.69, 9.17) is 0 Å². The van der Waals surface area contributed by atoms with Crippen molar-refractivity contribution in [3.05, 3.63) is 120 Å². The van der Waals surface area contributed by atoms with Crippen LogP contribution in [0, 0.1) is 6.92 Å². The summed E-state index contributed by atoms with van der Waals surface area (Å²) < 4.78 is 30.8. The number of aromatic nitrogens is 1. The minimum atomic E-state index is -3.74. The summed E-state index contributed by atoms with van der Waals surface area (Å²) in [6.45, 7) is 6.55. The third-order valence-electron chi connectivity index (χ3n) is 6.52. The monoisotopic (exact) mass is 467 g/mol. The maximum Gasteiger partial charge on any atom is 0.209 e. The normalized spacial score (nSPS) is 13.7. The Morgan fingerprint density at radius 3 is 2.12 bits per heavy atom. The van der Waals surface area contributed by atoms with Gasteiger partial charge in [-0.2, -0.15) is 0 Å². The van der Waals surface area contributed by atoms with Crippen molar-refractivity contribution in [2.75, 3.05) is 0 Å². The quantitative estimate of drug-likeness (QED) is 0.263. The van der Waals surface area contributed by atoms with E-state index in [1.165, 1.54) is 0 Å². The van der Waals surface area contributed by atoms with Gasteiger partial charge in [-0.25, -0.2) is 8.42 Å². The molecule has 0 amide bonds. The van der Waals surface area contributed by atoms with Crippen LogP contribution >= 0.6 is 0 Å². The molecule has 172 valence electrons. The zero-order valence-corrected chi connectivity index (χ0v) is 20.3. The van der Waals surface area contributed by atoms with Crippen molar-refractivity contribution >= 4 is 9.84 Å². The highest BCUT2D eigenvalue weighted by Crippen LogP contribution is 2.50. The van der Waals surface area contributed by atoms with Gasteiger partial charge in [0.2, 0.25) is 9.84 Å². The van der Waals surface area contributed by atoms with Crippen molar-refractivity contribution in [1.82, 2.24) is 4.57 Å². The minimum Gasteiger partial charge on any atom is -0.342 e. The molecule has 1 aromatic heterocycles. The fourth-order valence-corrected chi connectivity index (χ4v) is 6.53. The van der Waals surface area contributed by atoms with E-state index in [2.05, 4.69) is 23.3 Å². The number of rotatable bonds is 8. The predicted octanol–water partition coefficient (Wildman–Crippen LogP) is 6.95. The van der Waals surface area contributed by atoms with Gasteiger partial charge in [0, 0.05) is 35.8 Å². The standard InChI is InChI=1S/C30H29NO2S/c1-3-20-31-27(21-23-10-6-4-7-11-23)28(24-12-8-5-9-13-24)30(29(31)25-16-17-25)34(32,33)26-18-14-22(2)15-19-26/h3-15,18-19,25H,1,16-17,20-21H2,2H3. The van der Waals surface area contributed by atoms with Gasteiger partial charge in [0.05, 0.1) is 4.90 Å². The van der Waals surface area contributed by atoms with Crippen LogP contribution in [0.25, 0.3) is 11.1 Å². The minimum absolute atomic E-state index is 0.252. The topological polar surface area (TPSA) is 39.1 Å². The molecule has 4 aromatic rings. The molecule has 0 spiro atoms. The summed E-state index contributed by atoms with van der Waals surface area (Å²) in [5.41, 5.74) is 5.93. The summed E-state index contributed by atoms with van der Waals surface area (Å²) in [4.78, 5) is 0.817. The van der Waals surface area contributed by atoms with E-state index < -0.39 is 9.84 Å². The van der Waals surface area contributed by atoms with Crippen LogP contribution in [0.2, 0.25) is 0 Å². The van der Waals surface area contributed by atoms with Gasteiger partial charge in [0.25, 0.3) is 0 Å². The van der Waals surface area contributed by atoms with E-state index in [0.717, 1.165) is 46.5 Å². The van der Waals surface area contributed by atoms with Crippen molar-refractivity contribution in [1.29, 1.82) is 0 Å². The molecule has 1 aliphatic carbocycles. The molecule has 4 heteroatoms. The summed E-state index contributed by atoms with van der Waals surface area (Å²) in [6, 6.07) is 27.5. The van der Waals surface area contributed by atoms with Gasteiger partial charge in [0.15, 0.2) is 0 Å². The summed E-state index contributed by atoms with van der Waals surface area (Å²) in [7, 11) is -3.74. The Morgan fingerprint density at radius 2 is 1.53 bits per heavy atom. The Kier molecular flexibility index (Phi) is 6.01. The lowest BCUT2D eigenvalue weighted by Crippen LogP contribution is -2.09. The zero-order valence-electron chi connectivity index (χ0n) is 19.4. The molecule has 0 N–H and O–H groups in total. The molecule has 1 heterocycles. The third-order valence-corrected chi connectivity index (χ3v) is 8.36. The van der Waals surface area contributed by atoms with E-state index in [9.17, 15) is 8.42 Å². The number of benzene rings is 3. The van der Waals surface area contributed by atoms with E-state index in [0.29, 0.717) is 22.8 Å². The summed E-state index contributed by atoms with van der Waals surface area (Å²) in [6.07, 6.45) is 4.55. The smallest absolute Gasteiger partial charge is 0.209 e. The van der Waals surface area contributed by atoms with Crippen LogP contribution in [0.15, 0.2) is 107 Å². The Labute approximate surface area is 202 Å². The Morgan fingerprint density at radius 1 is 0.912 bits per heavy atom. The third kappa shape index (κ3) is 4.14. The second kappa shape index (κ2) is 9.11. The van der Waals surface area contributed by atoms with Crippen LogP contribution < -0.4 is 0 Å². The van der Waals surface area contributed by atoms with Crippen molar-refractivity contribution < 1.29 is 8.42 Å². The Balaban J connectivity index is 1.85. The molecule has 0 saturated heterocycles. The first-order valence-corrected chi connectivity index (χ1v) is 13.3. The van der Waals surface area contributed by atoms with Gasteiger partial charge in [-0.05, 0) is 43.0 Å². The number of sulfone groups is 1. The first-order valence-electron chi connectivity index (χ1n) is 11.8. The number of nitrogens with zero attached hydrogens (tertiary/aromatic N) is 1. The lowest BCUT2D eigenvalue weighted by Gasteiger charge is -2.13. The first-order chi connectivity index (χ1) is 16.5. The molecular weight excluding hydrogens is 438 g/mol. The van der Waals surface area contributed by atoms with E-state index in [1.807, 2.05) is 73.7 Å². The molecule has 34 heavy (non-hydrogen) atoms. The Bertz CT molecular complexity index is 1410. The maximum absolute atomic E-state index is 14.3. The number of aryl methyl sites for hydroxylation is 1. The number of hydrogen-bond acceptors (Lipinski definition) is 2. The second-order valence-corrected chi connectivity index (χ2v) is 10.9. The predicted molar refractivity (Wildman–Crippen MR) is 138 cm³/mol. The molecule has 5 rings (SSSR count). The van der Waals surface area contributed by atoms with Crippen LogP contribution in [0.1, 0.15) is 41.3 Å². The van der Waals surface area contributed by atoms with Crippen LogP contribution in [-0.4, -0.2) is 13.0 Å². The molecule has 0 atom stereocenters. The van der Waals surface area contributed by atoms with Gasteiger partial charge in [-0.3, -0.25) is 0 Å². The summed E-state index contributed by atoms with van der Waals surface area (Å²) in [5, 5.41) is 0. The van der Waals surface area contributed by atoms with Crippen LogP contribution in [0.5, 0.6) is 0 Å². The largest absolute Gasteiger partial charge is 0.342 e. The van der Waals surface area contributed by atoms with Gasteiger partial charge >= 0.3 is 0 Å². The van der Waals surface area contributed by atoms with Gasteiger partial charge in [0.1, 0.15) is 4.90 Å². The highest BCUT2D eigenvalue weighted by molar-refractivity contribution is 7.91. The van der Waals surface area contributed by atoms with Gasteiger partial charge in [-0.1, -0.05) is 84.4 Å². The molecule has 0 aliphatic heterocycles. The fraction of sp³-hybridized carbons (Fsp3) is 0.200. The number of hydrogen-bond donors (Lipinski definition) is 0. The molecule has 1 saturated carbocycles. The molecule has 0 radical (unpaired) electrons. The zero-order chi connectivity index (χ0) is 23.7. The maximum atomic E-state index is 14.3. The lowest BCUT2D eigenvalue weighted by molar-refractivity contribution is 0.593. The highest BCUT2D eigenvalue weighted by atomic mass is 32.2. The van der Waals surface area contributed by atoms with Crippen molar-refractivity contribution in [3.63, 3.8) is 0 Å². The molecule has 0 bridgehead atoms. The average Bonchev–Trinajstić information content (AvgIpc) is 3.64. The summed E-state index contributed by atoms with van der Waals surface area (Å²) >= 11 is 0. The molecule has 3 nitrogen and oxygen atoms in total. The molecule has 1 aliphatic rings. The molecular formula is C30H29NO2S.